The molecule has 1 saturated heterocycles. The third-order valence-corrected chi connectivity index (χ3v) is 5.29. The first-order valence-electron chi connectivity index (χ1n) is 9.11. The largest absolute Gasteiger partial charge is 0.370 e. The van der Waals surface area contributed by atoms with Crippen LogP contribution in [0.15, 0.2) is 48.7 Å². The van der Waals surface area contributed by atoms with Gasteiger partial charge in [0.25, 0.3) is 5.91 Å². The van der Waals surface area contributed by atoms with Gasteiger partial charge in [0.2, 0.25) is 0 Å². The van der Waals surface area contributed by atoms with Gasteiger partial charge in [0.1, 0.15) is 5.82 Å². The molecule has 0 bridgehead atoms. The minimum atomic E-state index is -0.404. The highest BCUT2D eigenvalue weighted by Crippen LogP contribution is 2.33. The standard InChI is InChI=1S/C21H23FN4O/c1-25(2)16-10-11-26(13-16)15-8-6-14(7-9-15)23-12-17-20-18(22)4-3-5-19(20)24-21(17)27/h3-9,12,16,23H,10-11,13H2,1-2H3,(H,24,27)/b17-12-. The number of amides is 1. The van der Waals surface area contributed by atoms with Crippen LogP contribution < -0.4 is 15.5 Å². The van der Waals surface area contributed by atoms with E-state index in [0.29, 0.717) is 22.9 Å². The van der Waals surface area contributed by atoms with Crippen molar-refractivity contribution in [1.29, 1.82) is 0 Å². The van der Waals surface area contributed by atoms with Crippen molar-refractivity contribution in [2.24, 2.45) is 0 Å². The van der Waals surface area contributed by atoms with Crippen LogP contribution in [0.2, 0.25) is 0 Å². The van der Waals surface area contributed by atoms with Gasteiger partial charge in [-0.2, -0.15) is 0 Å². The van der Waals surface area contributed by atoms with Gasteiger partial charge in [-0.05, 0) is 56.9 Å². The van der Waals surface area contributed by atoms with Crippen molar-refractivity contribution in [2.75, 3.05) is 42.7 Å². The zero-order valence-corrected chi connectivity index (χ0v) is 15.5. The van der Waals surface area contributed by atoms with Crippen LogP contribution >= 0.6 is 0 Å². The molecule has 1 atom stereocenters. The lowest BCUT2D eigenvalue weighted by atomic mass is 10.1. The number of benzene rings is 2. The maximum Gasteiger partial charge on any atom is 0.257 e. The van der Waals surface area contributed by atoms with Gasteiger partial charge >= 0.3 is 0 Å². The first-order valence-corrected chi connectivity index (χ1v) is 9.11. The van der Waals surface area contributed by atoms with Gasteiger partial charge < -0.3 is 20.4 Å². The first kappa shape index (κ1) is 17.5. The lowest BCUT2D eigenvalue weighted by molar-refractivity contribution is -0.110. The first-order chi connectivity index (χ1) is 13.0. The van der Waals surface area contributed by atoms with Crippen LogP contribution in [0.25, 0.3) is 5.57 Å². The molecule has 2 aromatic rings. The molecule has 0 saturated carbocycles. The Bertz CT molecular complexity index is 892. The van der Waals surface area contributed by atoms with E-state index in [1.807, 2.05) is 12.1 Å². The van der Waals surface area contributed by atoms with Gasteiger partial charge in [0.15, 0.2) is 0 Å². The van der Waals surface area contributed by atoms with Crippen molar-refractivity contribution in [1.82, 2.24) is 4.90 Å². The van der Waals surface area contributed by atoms with Crippen molar-refractivity contribution in [2.45, 2.75) is 12.5 Å². The Morgan fingerprint density at radius 3 is 2.70 bits per heavy atom. The number of fused-ring (bicyclic) bond motifs is 1. The number of rotatable bonds is 4. The van der Waals surface area contributed by atoms with Gasteiger partial charge in [0, 0.05) is 42.3 Å². The van der Waals surface area contributed by atoms with Gasteiger partial charge in [-0.3, -0.25) is 4.79 Å². The second kappa shape index (κ2) is 7.04. The number of halogens is 1. The predicted octanol–water partition coefficient (Wildman–Crippen LogP) is 3.37. The SMILES string of the molecule is CN(C)C1CCN(c2ccc(N/C=C3\C(=O)Nc4cccc(F)c43)cc2)C1. The molecule has 0 spiro atoms. The second-order valence-electron chi connectivity index (χ2n) is 7.22. The third-order valence-electron chi connectivity index (χ3n) is 5.29. The summed E-state index contributed by atoms with van der Waals surface area (Å²) in [5.41, 5.74) is 3.17. The number of hydrogen-bond donors (Lipinski definition) is 2. The average Bonchev–Trinajstić information content (AvgIpc) is 3.26. The Hall–Kier alpha value is -2.86. The molecule has 5 nitrogen and oxygen atoms in total. The Morgan fingerprint density at radius 1 is 1.22 bits per heavy atom. The molecule has 1 unspecified atom stereocenters. The van der Waals surface area contributed by atoms with Gasteiger partial charge in [-0.25, -0.2) is 4.39 Å². The van der Waals surface area contributed by atoms with Crippen LogP contribution in [0.3, 0.4) is 0 Å². The van der Waals surface area contributed by atoms with E-state index in [2.05, 4.69) is 46.7 Å². The molecule has 2 aromatic carbocycles. The highest BCUT2D eigenvalue weighted by atomic mass is 19.1. The van der Waals surface area contributed by atoms with E-state index in [9.17, 15) is 9.18 Å². The monoisotopic (exact) mass is 366 g/mol. The summed E-state index contributed by atoms with van der Waals surface area (Å²) in [6, 6.07) is 13.3. The molecule has 1 amide bonds. The Kier molecular flexibility index (Phi) is 4.58. The third kappa shape index (κ3) is 3.40. The molecule has 140 valence electrons. The van der Waals surface area contributed by atoms with Crippen molar-refractivity contribution in [3.63, 3.8) is 0 Å². The van der Waals surface area contributed by atoms with Crippen molar-refractivity contribution in [3.05, 3.63) is 60.0 Å². The topological polar surface area (TPSA) is 47.6 Å². The zero-order chi connectivity index (χ0) is 19.0. The molecule has 2 aliphatic heterocycles. The van der Waals surface area contributed by atoms with Crippen LogP contribution in [0, 0.1) is 5.82 Å². The van der Waals surface area contributed by atoms with E-state index in [-0.39, 0.29) is 5.91 Å². The fourth-order valence-electron chi connectivity index (χ4n) is 3.66. The average molecular weight is 366 g/mol. The number of hydrogen-bond acceptors (Lipinski definition) is 4. The maximum atomic E-state index is 14.1. The summed E-state index contributed by atoms with van der Waals surface area (Å²) < 4.78 is 14.1. The smallest absolute Gasteiger partial charge is 0.257 e. The van der Waals surface area contributed by atoms with E-state index in [1.54, 1.807) is 18.3 Å². The number of likely N-dealkylation sites (N-methyl/N-ethyl adjacent to an activating group) is 1. The number of nitrogens with zero attached hydrogens (tertiary/aromatic N) is 2. The molecule has 0 aliphatic carbocycles. The van der Waals surface area contributed by atoms with Crippen LogP contribution in [0.5, 0.6) is 0 Å². The minimum Gasteiger partial charge on any atom is -0.370 e. The molecule has 1 fully saturated rings. The molecule has 2 N–H and O–H groups in total. The summed E-state index contributed by atoms with van der Waals surface area (Å²) >= 11 is 0. The highest BCUT2D eigenvalue weighted by Gasteiger charge is 2.27. The quantitative estimate of drug-likeness (QED) is 0.815. The van der Waals surface area contributed by atoms with E-state index >= 15 is 0 Å². The summed E-state index contributed by atoms with van der Waals surface area (Å²) in [6.45, 7) is 2.08. The van der Waals surface area contributed by atoms with Crippen LogP contribution in [-0.2, 0) is 4.79 Å². The van der Waals surface area contributed by atoms with Crippen molar-refractivity contribution >= 4 is 28.5 Å². The van der Waals surface area contributed by atoms with E-state index in [1.165, 1.54) is 18.2 Å². The molecule has 0 aromatic heterocycles. The van der Waals surface area contributed by atoms with E-state index < -0.39 is 5.82 Å². The maximum absolute atomic E-state index is 14.1. The fourth-order valence-corrected chi connectivity index (χ4v) is 3.66. The Labute approximate surface area is 158 Å². The minimum absolute atomic E-state index is 0.300. The summed E-state index contributed by atoms with van der Waals surface area (Å²) in [5, 5.41) is 5.80. The van der Waals surface area contributed by atoms with Gasteiger partial charge in [-0.15, -0.1) is 0 Å². The number of carbonyl (C=O) groups excluding carboxylic acids is 1. The summed E-state index contributed by atoms with van der Waals surface area (Å²) in [6.07, 6.45) is 2.73. The highest BCUT2D eigenvalue weighted by molar-refractivity contribution is 6.31. The van der Waals surface area contributed by atoms with Gasteiger partial charge in [-0.1, -0.05) is 6.07 Å². The van der Waals surface area contributed by atoms with E-state index in [4.69, 9.17) is 0 Å². The van der Waals surface area contributed by atoms with Crippen molar-refractivity contribution < 1.29 is 9.18 Å². The predicted molar refractivity (Wildman–Crippen MR) is 107 cm³/mol. The number of nitrogens with one attached hydrogen (secondary N) is 2. The molecule has 6 heteroatoms. The molecule has 4 rings (SSSR count). The van der Waals surface area contributed by atoms with Crippen LogP contribution in [0.4, 0.5) is 21.5 Å². The Morgan fingerprint density at radius 2 is 2.00 bits per heavy atom. The molecular formula is C21H23FN4O. The normalized spacial score (nSPS) is 20.3. The Balaban J connectivity index is 1.47. The molecule has 27 heavy (non-hydrogen) atoms. The van der Waals surface area contributed by atoms with Crippen LogP contribution in [0.1, 0.15) is 12.0 Å². The van der Waals surface area contributed by atoms with Crippen molar-refractivity contribution in [3.8, 4) is 0 Å². The molecular weight excluding hydrogens is 343 g/mol. The molecule has 2 aliphatic rings. The fraction of sp³-hybridized carbons (Fsp3) is 0.286. The lowest BCUT2D eigenvalue weighted by Crippen LogP contribution is -2.31. The zero-order valence-electron chi connectivity index (χ0n) is 15.5. The summed E-state index contributed by atoms with van der Waals surface area (Å²) in [5.74, 6) is -0.704. The summed E-state index contributed by atoms with van der Waals surface area (Å²) in [4.78, 5) is 16.8. The molecule has 0 radical (unpaired) electrons. The lowest BCUT2D eigenvalue weighted by Gasteiger charge is -2.22. The molecule has 2 heterocycles. The number of carbonyl (C=O) groups is 1. The summed E-state index contributed by atoms with van der Waals surface area (Å²) in [7, 11) is 4.24. The second-order valence-corrected chi connectivity index (χ2v) is 7.22. The van der Waals surface area contributed by atoms with Crippen LogP contribution in [-0.4, -0.2) is 44.0 Å². The van der Waals surface area contributed by atoms with Gasteiger partial charge in [0.05, 0.1) is 11.3 Å². The number of anilines is 3. The van der Waals surface area contributed by atoms with E-state index in [0.717, 1.165) is 18.8 Å².